The van der Waals surface area contributed by atoms with Crippen molar-refractivity contribution in [3.05, 3.63) is 93.5 Å². The molecule has 0 aromatic heterocycles. The van der Waals surface area contributed by atoms with Crippen molar-refractivity contribution in [3.8, 4) is 11.5 Å². The Hall–Kier alpha value is -2.20. The van der Waals surface area contributed by atoms with Crippen molar-refractivity contribution in [2.24, 2.45) is 0 Å². The molecule has 3 rings (SSSR count). The third-order valence-corrected chi connectivity index (χ3v) is 4.62. The highest BCUT2D eigenvalue weighted by Crippen LogP contribution is 2.37. The van der Waals surface area contributed by atoms with Gasteiger partial charge in [0.05, 0.1) is 12.1 Å². The topological polar surface area (TPSA) is 30.5 Å². The summed E-state index contributed by atoms with van der Waals surface area (Å²) in [5.41, 5.74) is 3.27. The number of methoxy groups -OCH3 is 1. The molecule has 3 aromatic rings. The van der Waals surface area contributed by atoms with Crippen molar-refractivity contribution >= 4 is 23.2 Å². The largest absolute Gasteiger partial charge is 0.493 e. The molecule has 0 radical (unpaired) electrons. The number of halogens is 2. The number of nitrogens with one attached hydrogen (secondary N) is 1. The van der Waals surface area contributed by atoms with E-state index in [0.717, 1.165) is 17.7 Å². The summed E-state index contributed by atoms with van der Waals surface area (Å²) >= 11 is 12.4. The lowest BCUT2D eigenvalue weighted by molar-refractivity contribution is 0.284. The molecule has 1 N–H and O–H groups in total. The van der Waals surface area contributed by atoms with Crippen LogP contribution in [0.15, 0.2) is 66.7 Å². The van der Waals surface area contributed by atoms with E-state index in [4.69, 9.17) is 32.7 Å². The van der Waals surface area contributed by atoms with Crippen LogP contribution in [0.1, 0.15) is 16.7 Å². The third kappa shape index (κ3) is 5.64. The highest BCUT2D eigenvalue weighted by molar-refractivity contribution is 6.32. The van der Waals surface area contributed by atoms with E-state index in [-0.39, 0.29) is 0 Å². The Bertz CT molecular complexity index is 867. The van der Waals surface area contributed by atoms with Gasteiger partial charge in [-0.15, -0.1) is 0 Å². The van der Waals surface area contributed by atoms with E-state index in [1.54, 1.807) is 7.11 Å². The van der Waals surface area contributed by atoms with E-state index in [1.165, 1.54) is 5.56 Å². The number of hydrogen-bond acceptors (Lipinski definition) is 3. The lowest BCUT2D eigenvalue weighted by atomic mass is 10.1. The van der Waals surface area contributed by atoms with E-state index in [0.29, 0.717) is 34.7 Å². The molecule has 0 unspecified atom stereocenters. The van der Waals surface area contributed by atoms with Gasteiger partial charge in [-0.3, -0.25) is 0 Å². The molecule has 0 aliphatic heterocycles. The molecule has 0 amide bonds. The first kappa shape index (κ1) is 19.6. The van der Waals surface area contributed by atoms with Crippen LogP contribution in [0.3, 0.4) is 0 Å². The Balaban J connectivity index is 1.64. The molecule has 3 nitrogen and oxygen atoms in total. The van der Waals surface area contributed by atoms with Crippen LogP contribution in [0.4, 0.5) is 0 Å². The van der Waals surface area contributed by atoms with E-state index >= 15 is 0 Å². The monoisotopic (exact) mass is 401 g/mol. The van der Waals surface area contributed by atoms with Gasteiger partial charge in [0.25, 0.3) is 0 Å². The second kappa shape index (κ2) is 9.65. The summed E-state index contributed by atoms with van der Waals surface area (Å²) in [6.45, 7) is 1.86. The smallest absolute Gasteiger partial charge is 0.180 e. The molecule has 140 valence electrons. The number of rotatable bonds is 8. The van der Waals surface area contributed by atoms with Gasteiger partial charge in [-0.25, -0.2) is 0 Å². The molecule has 0 fully saturated rings. The number of ether oxygens (including phenoxy) is 2. The van der Waals surface area contributed by atoms with Gasteiger partial charge in [0.15, 0.2) is 11.5 Å². The minimum atomic E-state index is 0.388. The van der Waals surface area contributed by atoms with Gasteiger partial charge in [0.1, 0.15) is 6.61 Å². The Kier molecular flexibility index (Phi) is 6.99. The van der Waals surface area contributed by atoms with Crippen molar-refractivity contribution < 1.29 is 9.47 Å². The summed E-state index contributed by atoms with van der Waals surface area (Å²) < 4.78 is 11.4. The fourth-order valence-electron chi connectivity index (χ4n) is 2.70. The molecule has 5 heteroatoms. The van der Waals surface area contributed by atoms with Gasteiger partial charge in [0.2, 0.25) is 0 Å². The van der Waals surface area contributed by atoms with Crippen molar-refractivity contribution in [2.75, 3.05) is 7.11 Å². The first-order valence-electron chi connectivity index (χ1n) is 8.64. The third-order valence-electron chi connectivity index (χ3n) is 4.09. The molecular formula is C22H21Cl2NO2. The molecular weight excluding hydrogens is 381 g/mol. The average molecular weight is 402 g/mol. The summed E-state index contributed by atoms with van der Waals surface area (Å²) in [5.74, 6) is 1.16. The fourth-order valence-corrected chi connectivity index (χ4v) is 3.11. The highest BCUT2D eigenvalue weighted by Gasteiger charge is 2.12. The lowest BCUT2D eigenvalue weighted by Crippen LogP contribution is -2.12. The second-order valence-corrected chi connectivity index (χ2v) is 6.96. The summed E-state index contributed by atoms with van der Waals surface area (Å²) in [6, 6.07) is 21.6. The maximum Gasteiger partial charge on any atom is 0.180 e. The highest BCUT2D eigenvalue weighted by atomic mass is 35.5. The Morgan fingerprint density at radius 3 is 2.22 bits per heavy atom. The van der Waals surface area contributed by atoms with E-state index in [1.807, 2.05) is 54.6 Å². The Morgan fingerprint density at radius 1 is 0.815 bits per heavy atom. The quantitative estimate of drug-likeness (QED) is 0.511. The van der Waals surface area contributed by atoms with Crippen molar-refractivity contribution in [2.45, 2.75) is 19.7 Å². The van der Waals surface area contributed by atoms with Gasteiger partial charge < -0.3 is 14.8 Å². The van der Waals surface area contributed by atoms with Crippen LogP contribution in [0.5, 0.6) is 11.5 Å². The zero-order chi connectivity index (χ0) is 19.1. The minimum Gasteiger partial charge on any atom is -0.493 e. The Morgan fingerprint density at radius 2 is 1.52 bits per heavy atom. The summed E-state index contributed by atoms with van der Waals surface area (Å²) in [7, 11) is 1.61. The predicted octanol–water partition coefficient (Wildman–Crippen LogP) is 5.87. The van der Waals surface area contributed by atoms with Crippen LogP contribution in [0.2, 0.25) is 10.0 Å². The standard InChI is InChI=1S/C22H21Cl2NO2/c1-26-21-12-18(14-25-13-16-5-3-2-4-6-16)11-20(24)22(21)27-15-17-7-9-19(23)10-8-17/h2-12,25H,13-15H2,1H3. The van der Waals surface area contributed by atoms with Gasteiger partial charge >= 0.3 is 0 Å². The molecule has 0 spiro atoms. The number of hydrogen-bond donors (Lipinski definition) is 1. The zero-order valence-corrected chi connectivity index (χ0v) is 16.6. The first-order valence-corrected chi connectivity index (χ1v) is 9.39. The molecule has 0 heterocycles. The van der Waals surface area contributed by atoms with Crippen LogP contribution in [-0.4, -0.2) is 7.11 Å². The zero-order valence-electron chi connectivity index (χ0n) is 15.0. The van der Waals surface area contributed by atoms with Crippen molar-refractivity contribution in [1.82, 2.24) is 5.32 Å². The fraction of sp³-hybridized carbons (Fsp3) is 0.182. The van der Waals surface area contributed by atoms with Crippen LogP contribution in [0, 0.1) is 0 Å². The summed E-state index contributed by atoms with van der Waals surface area (Å²) in [6.07, 6.45) is 0. The van der Waals surface area contributed by atoms with Crippen LogP contribution in [-0.2, 0) is 19.7 Å². The van der Waals surface area contributed by atoms with E-state index in [9.17, 15) is 0 Å². The lowest BCUT2D eigenvalue weighted by Gasteiger charge is -2.15. The normalized spacial score (nSPS) is 10.6. The number of benzene rings is 3. The van der Waals surface area contributed by atoms with Gasteiger partial charge in [-0.05, 0) is 41.0 Å². The first-order chi connectivity index (χ1) is 13.2. The second-order valence-electron chi connectivity index (χ2n) is 6.11. The molecule has 0 saturated heterocycles. The molecule has 27 heavy (non-hydrogen) atoms. The van der Waals surface area contributed by atoms with Crippen molar-refractivity contribution in [3.63, 3.8) is 0 Å². The van der Waals surface area contributed by atoms with Crippen LogP contribution < -0.4 is 14.8 Å². The van der Waals surface area contributed by atoms with E-state index < -0.39 is 0 Å². The molecule has 0 saturated carbocycles. The maximum atomic E-state index is 6.45. The predicted molar refractivity (Wildman–Crippen MR) is 111 cm³/mol. The molecule has 3 aromatic carbocycles. The van der Waals surface area contributed by atoms with E-state index in [2.05, 4.69) is 17.4 Å². The maximum absolute atomic E-state index is 6.45. The molecule has 0 aliphatic carbocycles. The van der Waals surface area contributed by atoms with Gasteiger partial charge in [-0.2, -0.15) is 0 Å². The minimum absolute atomic E-state index is 0.388. The van der Waals surface area contributed by atoms with Crippen LogP contribution >= 0.6 is 23.2 Å². The average Bonchev–Trinajstić information content (AvgIpc) is 2.69. The van der Waals surface area contributed by atoms with Gasteiger partial charge in [0, 0.05) is 18.1 Å². The SMILES string of the molecule is COc1cc(CNCc2ccccc2)cc(Cl)c1OCc1ccc(Cl)cc1. The Labute approximate surface area is 169 Å². The van der Waals surface area contributed by atoms with Crippen molar-refractivity contribution in [1.29, 1.82) is 0 Å². The molecule has 0 atom stereocenters. The summed E-state index contributed by atoms with van der Waals surface area (Å²) in [5, 5.41) is 4.64. The molecule has 0 aliphatic rings. The molecule has 0 bridgehead atoms. The summed E-state index contributed by atoms with van der Waals surface area (Å²) in [4.78, 5) is 0. The van der Waals surface area contributed by atoms with Gasteiger partial charge in [-0.1, -0.05) is 65.7 Å². The van der Waals surface area contributed by atoms with Crippen LogP contribution in [0.25, 0.3) is 0 Å².